The Hall–Kier alpha value is -1.11. The highest BCUT2D eigenvalue weighted by atomic mass is 32.2. The van der Waals surface area contributed by atoms with E-state index in [9.17, 15) is 8.42 Å². The maximum atomic E-state index is 12.4. The predicted molar refractivity (Wildman–Crippen MR) is 83.8 cm³/mol. The molecule has 5 nitrogen and oxygen atoms in total. The van der Waals surface area contributed by atoms with Gasteiger partial charge in [-0.25, -0.2) is 13.1 Å². The minimum atomic E-state index is -3.45. The Morgan fingerprint density at radius 3 is 2.48 bits per heavy atom. The standard InChI is InChI=1S/C15H23N3O2S/c1-2-17-21(19,20)15-6-4-3-5-14(15)18-12-7-8-13(18)10-11(16)9-12/h3-6,11-13,17H,2,7-10,16H2,1H3. The van der Waals surface area contributed by atoms with E-state index in [2.05, 4.69) is 9.62 Å². The van der Waals surface area contributed by atoms with Crippen LogP contribution in [0.5, 0.6) is 0 Å². The number of anilines is 1. The topological polar surface area (TPSA) is 75.4 Å². The summed E-state index contributed by atoms with van der Waals surface area (Å²) < 4.78 is 27.5. The van der Waals surface area contributed by atoms with Crippen molar-refractivity contribution in [3.8, 4) is 0 Å². The Bertz CT molecular complexity index is 603. The number of benzene rings is 1. The third-order valence-corrected chi connectivity index (χ3v) is 6.13. The summed E-state index contributed by atoms with van der Waals surface area (Å²) in [6.07, 6.45) is 4.11. The van der Waals surface area contributed by atoms with Gasteiger partial charge in [0, 0.05) is 24.7 Å². The molecule has 2 atom stereocenters. The van der Waals surface area contributed by atoms with Gasteiger partial charge in [0.2, 0.25) is 10.0 Å². The number of piperidine rings is 1. The van der Waals surface area contributed by atoms with Crippen LogP contribution in [0.3, 0.4) is 0 Å². The Morgan fingerprint density at radius 2 is 1.86 bits per heavy atom. The van der Waals surface area contributed by atoms with Gasteiger partial charge in [0.15, 0.2) is 0 Å². The van der Waals surface area contributed by atoms with Gasteiger partial charge in [-0.05, 0) is 37.8 Å². The molecule has 0 aliphatic carbocycles. The zero-order valence-corrected chi connectivity index (χ0v) is 13.1. The number of nitrogens with two attached hydrogens (primary N) is 1. The van der Waals surface area contributed by atoms with E-state index < -0.39 is 10.0 Å². The van der Waals surface area contributed by atoms with E-state index in [0.29, 0.717) is 23.5 Å². The smallest absolute Gasteiger partial charge is 0.242 e. The Morgan fingerprint density at radius 1 is 1.24 bits per heavy atom. The molecule has 21 heavy (non-hydrogen) atoms. The fraction of sp³-hybridized carbons (Fsp3) is 0.600. The van der Waals surface area contributed by atoms with Gasteiger partial charge in [0.25, 0.3) is 0 Å². The lowest BCUT2D eigenvalue weighted by molar-refractivity contribution is 0.413. The van der Waals surface area contributed by atoms with E-state index in [1.54, 1.807) is 19.1 Å². The molecule has 2 aliphatic heterocycles. The van der Waals surface area contributed by atoms with Crippen LogP contribution >= 0.6 is 0 Å². The molecule has 0 amide bonds. The molecule has 1 aromatic carbocycles. The Balaban J connectivity index is 2.01. The lowest BCUT2D eigenvalue weighted by atomic mass is 9.97. The molecule has 0 aromatic heterocycles. The molecule has 6 heteroatoms. The molecule has 2 bridgehead atoms. The third-order valence-electron chi connectivity index (χ3n) is 4.54. The van der Waals surface area contributed by atoms with Crippen molar-refractivity contribution in [1.29, 1.82) is 0 Å². The van der Waals surface area contributed by atoms with Gasteiger partial charge < -0.3 is 10.6 Å². The SMILES string of the molecule is CCNS(=O)(=O)c1ccccc1N1C2CCC1CC(N)C2. The molecule has 3 N–H and O–H groups in total. The third kappa shape index (κ3) is 2.67. The van der Waals surface area contributed by atoms with Crippen LogP contribution in [-0.2, 0) is 10.0 Å². The quantitative estimate of drug-likeness (QED) is 0.882. The second kappa shape index (κ2) is 5.59. The maximum absolute atomic E-state index is 12.4. The molecule has 3 rings (SSSR count). The number of nitrogens with zero attached hydrogens (tertiary/aromatic N) is 1. The van der Waals surface area contributed by atoms with Gasteiger partial charge in [-0.3, -0.25) is 0 Å². The molecule has 0 spiro atoms. The average Bonchev–Trinajstić information content (AvgIpc) is 2.71. The van der Waals surface area contributed by atoms with Crippen molar-refractivity contribution >= 4 is 15.7 Å². The first-order valence-electron chi connectivity index (χ1n) is 7.65. The van der Waals surface area contributed by atoms with Gasteiger partial charge in [-0.1, -0.05) is 19.1 Å². The van der Waals surface area contributed by atoms with E-state index in [4.69, 9.17) is 5.73 Å². The van der Waals surface area contributed by atoms with E-state index in [-0.39, 0.29) is 6.04 Å². The highest BCUT2D eigenvalue weighted by molar-refractivity contribution is 7.89. The largest absolute Gasteiger partial charge is 0.364 e. The monoisotopic (exact) mass is 309 g/mol. The second-order valence-corrected chi connectivity index (χ2v) is 7.73. The van der Waals surface area contributed by atoms with Crippen molar-refractivity contribution in [3.63, 3.8) is 0 Å². The molecule has 2 saturated heterocycles. The van der Waals surface area contributed by atoms with Crippen molar-refractivity contribution in [2.75, 3.05) is 11.4 Å². The van der Waals surface area contributed by atoms with Crippen LogP contribution in [0.2, 0.25) is 0 Å². The number of para-hydroxylation sites is 1. The predicted octanol–water partition coefficient (Wildman–Crippen LogP) is 1.44. The second-order valence-electron chi connectivity index (χ2n) is 5.99. The van der Waals surface area contributed by atoms with Crippen molar-refractivity contribution in [2.24, 2.45) is 5.73 Å². The van der Waals surface area contributed by atoms with E-state index in [0.717, 1.165) is 31.4 Å². The molecule has 2 fully saturated rings. The summed E-state index contributed by atoms with van der Waals surface area (Å²) >= 11 is 0. The number of rotatable bonds is 4. The van der Waals surface area contributed by atoms with Crippen molar-refractivity contribution in [3.05, 3.63) is 24.3 Å². The maximum Gasteiger partial charge on any atom is 0.242 e. The fourth-order valence-corrected chi connectivity index (χ4v) is 5.02. The van der Waals surface area contributed by atoms with Crippen molar-refractivity contribution < 1.29 is 8.42 Å². The molecule has 116 valence electrons. The summed E-state index contributed by atoms with van der Waals surface area (Å²) in [6.45, 7) is 2.19. The van der Waals surface area contributed by atoms with Crippen LogP contribution in [-0.4, -0.2) is 33.1 Å². The molecule has 0 saturated carbocycles. The van der Waals surface area contributed by atoms with Gasteiger partial charge >= 0.3 is 0 Å². The summed E-state index contributed by atoms with van der Waals surface area (Å²) in [7, 11) is -3.45. The molecule has 2 unspecified atom stereocenters. The molecular formula is C15H23N3O2S. The van der Waals surface area contributed by atoms with Gasteiger partial charge in [0.1, 0.15) is 4.90 Å². The van der Waals surface area contributed by atoms with Crippen LogP contribution in [0.15, 0.2) is 29.2 Å². The zero-order valence-electron chi connectivity index (χ0n) is 12.3. The van der Waals surface area contributed by atoms with Crippen molar-refractivity contribution in [2.45, 2.75) is 55.6 Å². The van der Waals surface area contributed by atoms with Crippen LogP contribution in [0.25, 0.3) is 0 Å². The number of sulfonamides is 1. The number of nitrogens with one attached hydrogen (secondary N) is 1. The molecule has 0 radical (unpaired) electrons. The van der Waals surface area contributed by atoms with Crippen LogP contribution in [0.1, 0.15) is 32.6 Å². The van der Waals surface area contributed by atoms with Crippen LogP contribution < -0.4 is 15.4 Å². The minimum Gasteiger partial charge on any atom is -0.364 e. The lowest BCUT2D eigenvalue weighted by Crippen LogP contribution is -2.48. The minimum absolute atomic E-state index is 0.247. The van der Waals surface area contributed by atoms with Crippen LogP contribution in [0, 0.1) is 0 Å². The summed E-state index contributed by atoms with van der Waals surface area (Å²) in [6, 6.07) is 8.30. The number of hydrogen-bond donors (Lipinski definition) is 2. The average molecular weight is 309 g/mol. The Kier molecular flexibility index (Phi) is 3.94. The van der Waals surface area contributed by atoms with Gasteiger partial charge in [-0.2, -0.15) is 0 Å². The van der Waals surface area contributed by atoms with Crippen molar-refractivity contribution in [1.82, 2.24) is 4.72 Å². The highest BCUT2D eigenvalue weighted by Crippen LogP contribution is 2.41. The lowest BCUT2D eigenvalue weighted by Gasteiger charge is -2.40. The molecule has 2 heterocycles. The number of fused-ring (bicyclic) bond motifs is 2. The van der Waals surface area contributed by atoms with E-state index in [1.165, 1.54) is 0 Å². The van der Waals surface area contributed by atoms with E-state index >= 15 is 0 Å². The summed E-state index contributed by atoms with van der Waals surface area (Å²) in [5, 5.41) is 0. The van der Waals surface area contributed by atoms with E-state index in [1.807, 2.05) is 12.1 Å². The Labute approximate surface area is 126 Å². The first-order chi connectivity index (χ1) is 10.0. The first kappa shape index (κ1) is 14.8. The normalized spacial score (nSPS) is 28.9. The fourth-order valence-electron chi connectivity index (χ4n) is 3.78. The summed E-state index contributed by atoms with van der Waals surface area (Å²) in [5.74, 6) is 0. The highest BCUT2D eigenvalue weighted by Gasteiger charge is 2.41. The number of hydrogen-bond acceptors (Lipinski definition) is 4. The molecule has 2 aliphatic rings. The molecule has 1 aromatic rings. The summed E-state index contributed by atoms with van der Waals surface area (Å²) in [4.78, 5) is 2.69. The first-order valence-corrected chi connectivity index (χ1v) is 9.14. The zero-order chi connectivity index (χ0) is 15.0. The summed E-state index contributed by atoms with van der Waals surface area (Å²) in [5.41, 5.74) is 6.94. The van der Waals surface area contributed by atoms with Gasteiger partial charge in [-0.15, -0.1) is 0 Å². The van der Waals surface area contributed by atoms with Gasteiger partial charge in [0.05, 0.1) is 5.69 Å². The molecular weight excluding hydrogens is 286 g/mol. The van der Waals surface area contributed by atoms with Crippen LogP contribution in [0.4, 0.5) is 5.69 Å².